The van der Waals surface area contributed by atoms with Crippen molar-refractivity contribution >= 4 is 5.91 Å². The Labute approximate surface area is 152 Å². The maximum atomic E-state index is 12.1. The largest absolute Gasteiger partial charge is 0.435 e. The molecular weight excluding hydrogens is 338 g/mol. The molecule has 1 atom stereocenters. The first-order valence-corrected chi connectivity index (χ1v) is 8.60. The van der Waals surface area contributed by atoms with Gasteiger partial charge in [0.25, 0.3) is 5.91 Å². The fourth-order valence-corrected chi connectivity index (χ4v) is 2.76. The van der Waals surface area contributed by atoms with Crippen molar-refractivity contribution in [2.45, 2.75) is 26.5 Å². The molecule has 2 aromatic carbocycles. The first-order valence-electron chi connectivity index (χ1n) is 8.60. The molecule has 0 aliphatic carbocycles. The summed E-state index contributed by atoms with van der Waals surface area (Å²) in [6.45, 7) is 0.824. The smallest absolute Gasteiger partial charge is 0.387 e. The van der Waals surface area contributed by atoms with E-state index in [1.54, 1.807) is 12.1 Å². The first-order chi connectivity index (χ1) is 12.4. The third kappa shape index (κ3) is 6.80. The summed E-state index contributed by atoms with van der Waals surface area (Å²) < 4.78 is 28.6. The molecule has 0 spiro atoms. The summed E-state index contributed by atoms with van der Waals surface area (Å²) in [5.74, 6) is 0.129. The summed E-state index contributed by atoms with van der Waals surface area (Å²) >= 11 is 0. The molecule has 0 aliphatic rings. The number of hydrogen-bond donors (Lipinski definition) is 2. The van der Waals surface area contributed by atoms with Crippen LogP contribution in [0, 0.1) is 6.92 Å². The van der Waals surface area contributed by atoms with Crippen LogP contribution in [-0.4, -0.2) is 32.7 Å². The number of nitrogens with one attached hydrogen (secondary N) is 2. The Balaban J connectivity index is 1.72. The number of alkyl halides is 2. The molecule has 0 aliphatic heterocycles. The van der Waals surface area contributed by atoms with Gasteiger partial charge in [-0.1, -0.05) is 24.3 Å². The van der Waals surface area contributed by atoms with Gasteiger partial charge in [0.15, 0.2) is 6.54 Å². The molecule has 4 nitrogen and oxygen atoms in total. The summed E-state index contributed by atoms with van der Waals surface area (Å²) in [4.78, 5) is 13.1. The summed E-state index contributed by atoms with van der Waals surface area (Å²) in [7, 11) is 1.92. The number of rotatable bonds is 9. The van der Waals surface area contributed by atoms with Crippen molar-refractivity contribution in [3.8, 4) is 5.75 Å². The molecule has 0 heterocycles. The molecule has 0 radical (unpaired) electrons. The molecule has 140 valence electrons. The Bertz CT molecular complexity index is 705. The van der Waals surface area contributed by atoms with Crippen LogP contribution in [0.15, 0.2) is 48.5 Å². The topological polar surface area (TPSA) is 42.8 Å². The van der Waals surface area contributed by atoms with Gasteiger partial charge in [0, 0.05) is 12.1 Å². The van der Waals surface area contributed by atoms with Crippen molar-refractivity contribution in [1.82, 2.24) is 5.32 Å². The molecule has 2 aromatic rings. The number of benzene rings is 2. The average Bonchev–Trinajstić information content (AvgIpc) is 2.58. The van der Waals surface area contributed by atoms with Crippen LogP contribution in [0.2, 0.25) is 0 Å². The molecule has 26 heavy (non-hydrogen) atoms. The number of hydrogen-bond acceptors (Lipinski definition) is 2. The zero-order chi connectivity index (χ0) is 18.9. The minimum absolute atomic E-state index is 0.00580. The van der Waals surface area contributed by atoms with Gasteiger partial charge >= 0.3 is 6.61 Å². The van der Waals surface area contributed by atoms with Gasteiger partial charge in [-0.25, -0.2) is 0 Å². The van der Waals surface area contributed by atoms with E-state index < -0.39 is 6.61 Å². The highest BCUT2D eigenvalue weighted by Crippen LogP contribution is 2.14. The fourth-order valence-electron chi connectivity index (χ4n) is 2.76. The second-order valence-corrected chi connectivity index (χ2v) is 6.36. The number of carbonyl (C=O) groups is 1. The van der Waals surface area contributed by atoms with Crippen LogP contribution in [0.4, 0.5) is 8.78 Å². The molecule has 0 bridgehead atoms. The molecule has 0 fully saturated rings. The van der Waals surface area contributed by atoms with E-state index >= 15 is 0 Å². The van der Waals surface area contributed by atoms with Crippen LogP contribution in [0.5, 0.6) is 5.75 Å². The summed E-state index contributed by atoms with van der Waals surface area (Å²) in [6, 6.07) is 14.6. The van der Waals surface area contributed by atoms with Gasteiger partial charge in [-0.05, 0) is 48.7 Å². The molecule has 2 rings (SSSR count). The lowest BCUT2D eigenvalue weighted by Crippen LogP contribution is -3.08. The molecule has 1 amide bonds. The molecule has 0 saturated heterocycles. The summed E-state index contributed by atoms with van der Waals surface area (Å²) in [6.07, 6.45) is 0.809. The van der Waals surface area contributed by atoms with Crippen LogP contribution in [0.3, 0.4) is 0 Å². The van der Waals surface area contributed by atoms with Crippen LogP contribution < -0.4 is 15.0 Å². The van der Waals surface area contributed by atoms with Gasteiger partial charge in [-0.2, -0.15) is 8.78 Å². The minimum atomic E-state index is -2.82. The Morgan fingerprint density at radius 2 is 1.85 bits per heavy atom. The second-order valence-electron chi connectivity index (χ2n) is 6.36. The lowest BCUT2D eigenvalue weighted by Gasteiger charge is -2.14. The van der Waals surface area contributed by atoms with E-state index in [-0.39, 0.29) is 11.7 Å². The number of quaternary nitrogens is 1. The fraction of sp³-hybridized carbons (Fsp3) is 0.350. The van der Waals surface area contributed by atoms with Crippen molar-refractivity contribution in [2.24, 2.45) is 0 Å². The highest BCUT2D eigenvalue weighted by atomic mass is 19.3. The highest BCUT2D eigenvalue weighted by Gasteiger charge is 2.11. The third-order valence-electron chi connectivity index (χ3n) is 4.09. The van der Waals surface area contributed by atoms with Crippen LogP contribution >= 0.6 is 0 Å². The molecule has 2 N–H and O–H groups in total. The zero-order valence-electron chi connectivity index (χ0n) is 15.1. The SMILES string of the molecule is Cc1ccccc1CCNC(=O)C[NH+](C)Cc1ccc(OC(F)F)cc1. The Morgan fingerprint density at radius 3 is 2.50 bits per heavy atom. The number of ether oxygens (including phenoxy) is 1. The van der Waals surface area contributed by atoms with Gasteiger partial charge in [-0.15, -0.1) is 0 Å². The van der Waals surface area contributed by atoms with Crippen LogP contribution in [0.25, 0.3) is 0 Å². The van der Waals surface area contributed by atoms with Crippen molar-refractivity contribution in [1.29, 1.82) is 0 Å². The van der Waals surface area contributed by atoms with Crippen molar-refractivity contribution in [2.75, 3.05) is 20.1 Å². The predicted octanol–water partition coefficient (Wildman–Crippen LogP) is 1.97. The highest BCUT2D eigenvalue weighted by molar-refractivity contribution is 5.76. The molecule has 6 heteroatoms. The monoisotopic (exact) mass is 363 g/mol. The van der Waals surface area contributed by atoms with Gasteiger partial charge in [-0.3, -0.25) is 4.79 Å². The van der Waals surface area contributed by atoms with Crippen molar-refractivity contribution < 1.29 is 23.2 Å². The number of amides is 1. The quantitative estimate of drug-likeness (QED) is 0.715. The van der Waals surface area contributed by atoms with Crippen molar-refractivity contribution in [3.63, 3.8) is 0 Å². The van der Waals surface area contributed by atoms with E-state index in [0.717, 1.165) is 16.9 Å². The molecule has 1 unspecified atom stereocenters. The normalized spacial score (nSPS) is 12.0. The van der Waals surface area contributed by atoms with E-state index in [1.165, 1.54) is 23.3 Å². The number of likely N-dealkylation sites (N-methyl/N-ethyl adjacent to an activating group) is 1. The lowest BCUT2D eigenvalue weighted by molar-refractivity contribution is -0.885. The van der Waals surface area contributed by atoms with Crippen LogP contribution in [-0.2, 0) is 17.8 Å². The number of aryl methyl sites for hydroxylation is 1. The maximum absolute atomic E-state index is 12.1. The molecule has 0 aromatic heterocycles. The van der Waals surface area contributed by atoms with Gasteiger partial charge in [0.2, 0.25) is 0 Å². The van der Waals surface area contributed by atoms with Gasteiger partial charge in [0.1, 0.15) is 12.3 Å². The zero-order valence-corrected chi connectivity index (χ0v) is 15.1. The van der Waals surface area contributed by atoms with E-state index in [1.807, 2.05) is 19.2 Å². The Kier molecular flexibility index (Phi) is 7.53. The van der Waals surface area contributed by atoms with E-state index in [9.17, 15) is 13.6 Å². The summed E-state index contributed by atoms with van der Waals surface area (Å²) in [5.41, 5.74) is 3.42. The first kappa shape index (κ1) is 19.8. The molecular formula is C20H25F2N2O2+. The van der Waals surface area contributed by atoms with E-state index in [0.29, 0.717) is 19.6 Å². The lowest BCUT2D eigenvalue weighted by atomic mass is 10.1. The number of halogens is 2. The van der Waals surface area contributed by atoms with E-state index in [2.05, 4.69) is 29.1 Å². The number of carbonyl (C=O) groups excluding carboxylic acids is 1. The Morgan fingerprint density at radius 1 is 1.15 bits per heavy atom. The van der Waals surface area contributed by atoms with Crippen LogP contribution in [0.1, 0.15) is 16.7 Å². The second kappa shape index (κ2) is 9.87. The average molecular weight is 363 g/mol. The van der Waals surface area contributed by atoms with Crippen molar-refractivity contribution in [3.05, 3.63) is 65.2 Å². The Hall–Kier alpha value is -2.47. The van der Waals surface area contributed by atoms with Gasteiger partial charge in [0.05, 0.1) is 7.05 Å². The predicted molar refractivity (Wildman–Crippen MR) is 96.4 cm³/mol. The van der Waals surface area contributed by atoms with E-state index in [4.69, 9.17) is 0 Å². The standard InChI is InChI=1S/C20H24F2N2O2/c1-15-5-3-4-6-17(15)11-12-23-19(25)14-24(2)13-16-7-9-18(10-8-16)26-20(21)22/h3-10,20H,11-14H2,1-2H3,(H,23,25)/p+1. The molecule has 0 saturated carbocycles. The maximum Gasteiger partial charge on any atom is 0.387 e. The third-order valence-corrected chi connectivity index (χ3v) is 4.09. The summed E-state index contributed by atoms with van der Waals surface area (Å²) in [5, 5.41) is 2.94. The minimum Gasteiger partial charge on any atom is -0.435 e. The van der Waals surface area contributed by atoms with Gasteiger partial charge < -0.3 is 15.0 Å².